The van der Waals surface area contributed by atoms with Crippen LogP contribution in [0.3, 0.4) is 0 Å². The molecule has 8 heteroatoms. The maximum Gasteiger partial charge on any atom is 0.346 e. The van der Waals surface area contributed by atoms with Gasteiger partial charge in [0.15, 0.2) is 0 Å². The van der Waals surface area contributed by atoms with E-state index < -0.39 is 15.3 Å². The molecule has 3 rings (SSSR count). The van der Waals surface area contributed by atoms with Gasteiger partial charge < -0.3 is 0 Å². The molecule has 0 atom stereocenters. The van der Waals surface area contributed by atoms with Gasteiger partial charge in [0.2, 0.25) is 10.0 Å². The third-order valence-electron chi connectivity index (χ3n) is 5.22. The van der Waals surface area contributed by atoms with Crippen LogP contribution in [0.25, 0.3) is 0 Å². The molecule has 7 nitrogen and oxygen atoms in total. The van der Waals surface area contributed by atoms with Crippen LogP contribution in [0.2, 0.25) is 0 Å². The minimum Gasteiger partial charge on any atom is -0.279 e. The standard InChI is InChI=1S/C19H28N4O3S/c1-4-22-18(17-10-12-21(13-11-17)27(25,26)15(2)3)20-23(19(22)24)14-16-8-6-5-7-9-16/h5-9,15,17H,4,10-14H2,1-3H3. The second-order valence-corrected chi connectivity index (χ2v) is 9.78. The number of rotatable bonds is 6. The van der Waals surface area contributed by atoms with E-state index in [1.165, 1.54) is 4.68 Å². The van der Waals surface area contributed by atoms with Crippen LogP contribution in [-0.4, -0.2) is 45.4 Å². The van der Waals surface area contributed by atoms with E-state index in [0.29, 0.717) is 39.0 Å². The summed E-state index contributed by atoms with van der Waals surface area (Å²) in [5.74, 6) is 0.883. The Morgan fingerprint density at radius 2 is 1.78 bits per heavy atom. The fourth-order valence-electron chi connectivity index (χ4n) is 3.58. The summed E-state index contributed by atoms with van der Waals surface area (Å²) < 4.78 is 29.5. The molecule has 1 aromatic carbocycles. The Hall–Kier alpha value is -1.93. The maximum absolute atomic E-state index is 12.7. The molecule has 0 bridgehead atoms. The molecule has 27 heavy (non-hydrogen) atoms. The quantitative estimate of drug-likeness (QED) is 0.754. The van der Waals surface area contributed by atoms with Gasteiger partial charge in [-0.25, -0.2) is 22.2 Å². The van der Waals surface area contributed by atoms with Crippen LogP contribution in [0.1, 0.15) is 50.9 Å². The molecule has 2 heterocycles. The average molecular weight is 393 g/mol. The van der Waals surface area contributed by atoms with Gasteiger partial charge in [-0.05, 0) is 39.2 Å². The van der Waals surface area contributed by atoms with E-state index in [2.05, 4.69) is 5.10 Å². The fourth-order valence-corrected chi connectivity index (χ4v) is 4.90. The van der Waals surface area contributed by atoms with E-state index in [0.717, 1.165) is 11.4 Å². The second-order valence-electron chi connectivity index (χ2n) is 7.30. The molecule has 1 fully saturated rings. The first-order valence-corrected chi connectivity index (χ1v) is 11.0. The number of nitrogens with zero attached hydrogens (tertiary/aromatic N) is 4. The van der Waals surface area contributed by atoms with Crippen molar-refractivity contribution in [1.29, 1.82) is 0 Å². The zero-order valence-electron chi connectivity index (χ0n) is 16.2. The highest BCUT2D eigenvalue weighted by Crippen LogP contribution is 2.28. The first-order valence-electron chi connectivity index (χ1n) is 9.55. The highest BCUT2D eigenvalue weighted by Gasteiger charge is 2.32. The number of sulfonamides is 1. The van der Waals surface area contributed by atoms with Crippen molar-refractivity contribution in [2.45, 2.75) is 57.9 Å². The zero-order valence-corrected chi connectivity index (χ0v) is 17.0. The zero-order chi connectivity index (χ0) is 19.6. The molecular weight excluding hydrogens is 364 g/mol. The van der Waals surface area contributed by atoms with Gasteiger partial charge in [-0.15, -0.1) is 0 Å². The largest absolute Gasteiger partial charge is 0.346 e. The normalized spacial score (nSPS) is 16.9. The summed E-state index contributed by atoms with van der Waals surface area (Å²) in [5, 5.41) is 4.21. The van der Waals surface area contributed by atoms with Gasteiger partial charge in [-0.2, -0.15) is 5.10 Å². The van der Waals surface area contributed by atoms with E-state index in [1.807, 2.05) is 37.3 Å². The van der Waals surface area contributed by atoms with E-state index in [9.17, 15) is 13.2 Å². The van der Waals surface area contributed by atoms with Crippen molar-refractivity contribution in [3.63, 3.8) is 0 Å². The Morgan fingerprint density at radius 1 is 1.15 bits per heavy atom. The Labute approximate surface area is 160 Å². The Bertz CT molecular complexity index is 924. The monoisotopic (exact) mass is 392 g/mol. The number of hydrogen-bond acceptors (Lipinski definition) is 4. The number of piperidine rings is 1. The summed E-state index contributed by atoms with van der Waals surface area (Å²) in [6.45, 7) is 7.33. The predicted octanol–water partition coefficient (Wildman–Crippen LogP) is 2.03. The van der Waals surface area contributed by atoms with Crippen molar-refractivity contribution in [3.8, 4) is 0 Å². The highest BCUT2D eigenvalue weighted by atomic mass is 32.2. The van der Waals surface area contributed by atoms with Gasteiger partial charge in [0.1, 0.15) is 5.82 Å². The molecule has 1 aromatic heterocycles. The first-order chi connectivity index (χ1) is 12.8. The summed E-state index contributed by atoms with van der Waals surface area (Å²) in [4.78, 5) is 12.7. The van der Waals surface area contributed by atoms with Gasteiger partial charge in [0.25, 0.3) is 0 Å². The van der Waals surface area contributed by atoms with E-state index in [4.69, 9.17) is 0 Å². The summed E-state index contributed by atoms with van der Waals surface area (Å²) in [6.07, 6.45) is 1.38. The van der Waals surface area contributed by atoms with Crippen molar-refractivity contribution >= 4 is 10.0 Å². The molecule has 1 aliphatic heterocycles. The van der Waals surface area contributed by atoms with Crippen molar-refractivity contribution in [2.24, 2.45) is 0 Å². The summed E-state index contributed by atoms with van der Waals surface area (Å²) in [6, 6.07) is 9.80. The Balaban J connectivity index is 1.80. The second kappa shape index (κ2) is 7.98. The van der Waals surface area contributed by atoms with Gasteiger partial charge in [-0.3, -0.25) is 4.57 Å². The molecule has 0 radical (unpaired) electrons. The van der Waals surface area contributed by atoms with E-state index in [1.54, 1.807) is 22.7 Å². The fraction of sp³-hybridized carbons (Fsp3) is 0.579. The number of aromatic nitrogens is 3. The van der Waals surface area contributed by atoms with Gasteiger partial charge >= 0.3 is 5.69 Å². The van der Waals surface area contributed by atoms with Gasteiger partial charge in [-0.1, -0.05) is 30.3 Å². The SMILES string of the molecule is CCn1c(C2CCN(S(=O)(=O)C(C)C)CC2)nn(Cc2ccccc2)c1=O. The summed E-state index contributed by atoms with van der Waals surface area (Å²) in [5.41, 5.74) is 0.929. The molecule has 0 saturated carbocycles. The summed E-state index contributed by atoms with van der Waals surface area (Å²) >= 11 is 0. The lowest BCUT2D eigenvalue weighted by Gasteiger charge is -2.31. The van der Waals surface area contributed by atoms with Crippen LogP contribution in [0.15, 0.2) is 35.1 Å². The van der Waals surface area contributed by atoms with E-state index in [-0.39, 0.29) is 11.6 Å². The van der Waals surface area contributed by atoms with Crippen LogP contribution in [-0.2, 0) is 23.1 Å². The van der Waals surface area contributed by atoms with Crippen molar-refractivity contribution in [1.82, 2.24) is 18.7 Å². The molecule has 0 spiro atoms. The Morgan fingerprint density at radius 3 is 2.33 bits per heavy atom. The molecule has 148 valence electrons. The van der Waals surface area contributed by atoms with Crippen LogP contribution in [0.5, 0.6) is 0 Å². The molecule has 0 N–H and O–H groups in total. The molecule has 0 unspecified atom stereocenters. The van der Waals surface area contributed by atoms with Crippen LogP contribution < -0.4 is 5.69 Å². The maximum atomic E-state index is 12.7. The molecule has 2 aromatic rings. The average Bonchev–Trinajstić information content (AvgIpc) is 2.98. The molecular formula is C19H28N4O3S. The third-order valence-corrected chi connectivity index (χ3v) is 7.49. The topological polar surface area (TPSA) is 77.2 Å². The number of benzene rings is 1. The summed E-state index contributed by atoms with van der Waals surface area (Å²) in [7, 11) is -3.23. The van der Waals surface area contributed by atoms with Gasteiger partial charge in [0.05, 0.1) is 11.8 Å². The smallest absolute Gasteiger partial charge is 0.279 e. The Kier molecular flexibility index (Phi) is 5.86. The third kappa shape index (κ3) is 4.01. The van der Waals surface area contributed by atoms with Crippen molar-refractivity contribution < 1.29 is 8.42 Å². The van der Waals surface area contributed by atoms with E-state index >= 15 is 0 Å². The molecule has 0 aliphatic carbocycles. The lowest BCUT2D eigenvalue weighted by Crippen LogP contribution is -2.41. The minimum atomic E-state index is -3.23. The molecule has 1 aliphatic rings. The minimum absolute atomic E-state index is 0.103. The lowest BCUT2D eigenvalue weighted by molar-refractivity contribution is 0.306. The molecule has 1 saturated heterocycles. The van der Waals surface area contributed by atoms with Crippen molar-refractivity contribution in [3.05, 3.63) is 52.2 Å². The number of hydrogen-bond donors (Lipinski definition) is 0. The predicted molar refractivity (Wildman–Crippen MR) is 105 cm³/mol. The lowest BCUT2D eigenvalue weighted by atomic mass is 9.97. The van der Waals surface area contributed by atoms with Gasteiger partial charge in [0, 0.05) is 25.6 Å². The van der Waals surface area contributed by atoms with Crippen molar-refractivity contribution in [2.75, 3.05) is 13.1 Å². The van der Waals surface area contributed by atoms with Crippen LogP contribution >= 0.6 is 0 Å². The molecule has 0 amide bonds. The van der Waals surface area contributed by atoms with Crippen LogP contribution in [0, 0.1) is 0 Å². The van der Waals surface area contributed by atoms with Crippen LogP contribution in [0.4, 0.5) is 0 Å². The first kappa shape index (κ1) is 19.8. The highest BCUT2D eigenvalue weighted by molar-refractivity contribution is 7.89.